The molecule has 4 nitrogen and oxygen atoms in total. The minimum absolute atomic E-state index is 0.168. The molecule has 0 radical (unpaired) electrons. The number of hydrogen-bond donors (Lipinski definition) is 2. The molecule has 0 aliphatic rings. The molecule has 2 aromatic rings. The Balaban J connectivity index is 2.30. The third-order valence-electron chi connectivity index (χ3n) is 2.22. The average molecular weight is 252 g/mol. The molecule has 94 valence electrons. The van der Waals surface area contributed by atoms with Crippen LogP contribution in [0.2, 0.25) is 0 Å². The smallest absolute Gasteiger partial charge is 0.258 e. The lowest BCUT2D eigenvalue weighted by Crippen LogP contribution is -2.00. The Morgan fingerprint density at radius 3 is 2.72 bits per heavy atom. The van der Waals surface area contributed by atoms with E-state index in [0.717, 1.165) is 0 Å². The quantitative estimate of drug-likeness (QED) is 0.878. The van der Waals surface area contributed by atoms with Crippen molar-refractivity contribution in [2.45, 2.75) is 6.61 Å². The van der Waals surface area contributed by atoms with Crippen molar-refractivity contribution in [3.63, 3.8) is 0 Å². The first-order valence-corrected chi connectivity index (χ1v) is 5.09. The Bertz CT molecular complexity index is 576. The van der Waals surface area contributed by atoms with Gasteiger partial charge < -0.3 is 15.6 Å². The molecule has 18 heavy (non-hydrogen) atoms. The Morgan fingerprint density at radius 1 is 1.22 bits per heavy atom. The van der Waals surface area contributed by atoms with Crippen LogP contribution in [0.5, 0.6) is 11.6 Å². The molecule has 1 heterocycles. The minimum atomic E-state index is -0.948. The van der Waals surface area contributed by atoms with Crippen molar-refractivity contribution in [2.75, 3.05) is 5.73 Å². The van der Waals surface area contributed by atoms with Gasteiger partial charge in [0.25, 0.3) is 5.88 Å². The molecule has 3 N–H and O–H groups in total. The van der Waals surface area contributed by atoms with Crippen LogP contribution in [-0.4, -0.2) is 10.1 Å². The molecule has 0 fully saturated rings. The van der Waals surface area contributed by atoms with Crippen molar-refractivity contribution in [3.05, 3.63) is 47.5 Å². The number of rotatable bonds is 3. The number of hydrogen-bond acceptors (Lipinski definition) is 4. The number of benzene rings is 1. The van der Waals surface area contributed by atoms with Gasteiger partial charge in [0.05, 0.1) is 6.61 Å². The van der Waals surface area contributed by atoms with Gasteiger partial charge in [0.2, 0.25) is 0 Å². The maximum absolute atomic E-state index is 13.4. The highest BCUT2D eigenvalue weighted by atomic mass is 19.1. The zero-order chi connectivity index (χ0) is 13.1. The summed E-state index contributed by atoms with van der Waals surface area (Å²) >= 11 is 0. The van der Waals surface area contributed by atoms with E-state index in [0.29, 0.717) is 11.6 Å². The molecule has 0 amide bonds. The molecule has 2 rings (SSSR count). The molecule has 1 aromatic carbocycles. The monoisotopic (exact) mass is 252 g/mol. The van der Waals surface area contributed by atoms with Crippen molar-refractivity contribution in [1.82, 2.24) is 4.98 Å². The van der Waals surface area contributed by atoms with Crippen LogP contribution < -0.4 is 10.5 Å². The van der Waals surface area contributed by atoms with Gasteiger partial charge in [0, 0.05) is 6.07 Å². The second-order valence-electron chi connectivity index (χ2n) is 3.55. The lowest BCUT2D eigenvalue weighted by atomic mass is 10.2. The number of aromatic nitrogens is 1. The van der Waals surface area contributed by atoms with E-state index in [1.165, 1.54) is 6.07 Å². The first-order chi connectivity index (χ1) is 8.60. The summed E-state index contributed by atoms with van der Waals surface area (Å²) in [4.78, 5) is 3.47. The van der Waals surface area contributed by atoms with Crippen molar-refractivity contribution in [3.8, 4) is 11.6 Å². The number of nitrogen functional groups attached to an aromatic ring is 1. The Kier molecular flexibility index (Phi) is 3.38. The van der Waals surface area contributed by atoms with E-state index in [1.54, 1.807) is 18.2 Å². The zero-order valence-corrected chi connectivity index (χ0v) is 9.23. The standard InChI is InChI=1S/C12H10F2N2O2/c13-9-5-10(14)12(16-11(9)15)18-8-3-1-2-7(4-8)6-17/h1-5,17H,6H2,(H2,15,16). The summed E-state index contributed by atoms with van der Waals surface area (Å²) < 4.78 is 31.4. The van der Waals surface area contributed by atoms with Crippen molar-refractivity contribution >= 4 is 5.82 Å². The summed E-state index contributed by atoms with van der Waals surface area (Å²) in [6, 6.07) is 6.98. The Morgan fingerprint density at radius 2 is 2.00 bits per heavy atom. The summed E-state index contributed by atoms with van der Waals surface area (Å²) in [6.45, 7) is -0.168. The van der Waals surface area contributed by atoms with Crippen LogP contribution in [0.4, 0.5) is 14.6 Å². The number of aliphatic hydroxyl groups excluding tert-OH is 1. The highest BCUT2D eigenvalue weighted by Crippen LogP contribution is 2.25. The second-order valence-corrected chi connectivity index (χ2v) is 3.55. The fourth-order valence-corrected chi connectivity index (χ4v) is 1.35. The maximum Gasteiger partial charge on any atom is 0.258 e. The van der Waals surface area contributed by atoms with E-state index in [9.17, 15) is 8.78 Å². The van der Waals surface area contributed by atoms with E-state index in [2.05, 4.69) is 4.98 Å². The number of halogens is 2. The van der Waals surface area contributed by atoms with Gasteiger partial charge in [-0.2, -0.15) is 4.98 Å². The fourth-order valence-electron chi connectivity index (χ4n) is 1.35. The minimum Gasteiger partial charge on any atom is -0.436 e. The summed E-state index contributed by atoms with van der Waals surface area (Å²) in [5.41, 5.74) is 5.83. The molecule has 0 spiro atoms. The largest absolute Gasteiger partial charge is 0.436 e. The van der Waals surface area contributed by atoms with Gasteiger partial charge >= 0.3 is 0 Å². The van der Waals surface area contributed by atoms with Crippen molar-refractivity contribution < 1.29 is 18.6 Å². The van der Waals surface area contributed by atoms with Crippen LogP contribution in [-0.2, 0) is 6.61 Å². The van der Waals surface area contributed by atoms with Crippen LogP contribution in [0, 0.1) is 11.6 Å². The van der Waals surface area contributed by atoms with Crippen molar-refractivity contribution in [2.24, 2.45) is 0 Å². The third-order valence-corrected chi connectivity index (χ3v) is 2.22. The molecule has 1 aromatic heterocycles. The van der Waals surface area contributed by atoms with Gasteiger partial charge in [0.1, 0.15) is 5.75 Å². The van der Waals surface area contributed by atoms with Gasteiger partial charge in [-0.1, -0.05) is 12.1 Å². The Labute approximate surface area is 102 Å². The summed E-state index contributed by atoms with van der Waals surface area (Å²) in [5.74, 6) is -2.47. The molecule has 0 aliphatic carbocycles. The summed E-state index contributed by atoms with van der Waals surface area (Å²) in [5, 5.41) is 8.95. The number of nitrogens with two attached hydrogens (primary N) is 1. The average Bonchev–Trinajstić information content (AvgIpc) is 2.36. The molecule has 0 unspecified atom stereocenters. The molecule has 0 atom stereocenters. The van der Waals surface area contributed by atoms with Gasteiger partial charge in [-0.05, 0) is 17.7 Å². The molecule has 0 bridgehead atoms. The number of aliphatic hydroxyl groups is 1. The van der Waals surface area contributed by atoms with Crippen LogP contribution in [0.25, 0.3) is 0 Å². The number of pyridine rings is 1. The van der Waals surface area contributed by atoms with Crippen molar-refractivity contribution in [1.29, 1.82) is 0 Å². The number of anilines is 1. The van der Waals surface area contributed by atoms with E-state index in [4.69, 9.17) is 15.6 Å². The predicted octanol–water partition coefficient (Wildman–Crippen LogP) is 2.23. The molecule has 6 heteroatoms. The van der Waals surface area contributed by atoms with Gasteiger partial charge in [-0.25, -0.2) is 8.78 Å². The molecule has 0 aliphatic heterocycles. The third kappa shape index (κ3) is 2.54. The van der Waals surface area contributed by atoms with Gasteiger partial charge in [-0.15, -0.1) is 0 Å². The summed E-state index contributed by atoms with van der Waals surface area (Å²) in [6.07, 6.45) is 0. The zero-order valence-electron chi connectivity index (χ0n) is 9.23. The van der Waals surface area contributed by atoms with Crippen LogP contribution >= 0.6 is 0 Å². The van der Waals surface area contributed by atoms with E-state index in [-0.39, 0.29) is 12.4 Å². The van der Waals surface area contributed by atoms with Crippen LogP contribution in [0.3, 0.4) is 0 Å². The SMILES string of the molecule is Nc1nc(Oc2cccc(CO)c2)c(F)cc1F. The van der Waals surface area contributed by atoms with Gasteiger partial charge in [-0.3, -0.25) is 0 Å². The fraction of sp³-hybridized carbons (Fsp3) is 0.0833. The second kappa shape index (κ2) is 4.97. The van der Waals surface area contributed by atoms with E-state index in [1.807, 2.05) is 0 Å². The normalized spacial score (nSPS) is 10.4. The highest BCUT2D eigenvalue weighted by Gasteiger charge is 2.11. The molecule has 0 saturated heterocycles. The summed E-state index contributed by atoms with van der Waals surface area (Å²) in [7, 11) is 0. The molecular weight excluding hydrogens is 242 g/mol. The highest BCUT2D eigenvalue weighted by molar-refractivity contribution is 5.37. The predicted molar refractivity (Wildman–Crippen MR) is 61.0 cm³/mol. The first kappa shape index (κ1) is 12.3. The molecular formula is C12H10F2N2O2. The maximum atomic E-state index is 13.4. The Hall–Kier alpha value is -2.21. The van der Waals surface area contributed by atoms with E-state index >= 15 is 0 Å². The van der Waals surface area contributed by atoms with Crippen LogP contribution in [0.15, 0.2) is 30.3 Å². The number of ether oxygens (including phenoxy) is 1. The first-order valence-electron chi connectivity index (χ1n) is 5.09. The lowest BCUT2D eigenvalue weighted by molar-refractivity contribution is 0.281. The number of nitrogens with zero attached hydrogens (tertiary/aromatic N) is 1. The topological polar surface area (TPSA) is 68.4 Å². The van der Waals surface area contributed by atoms with E-state index < -0.39 is 23.3 Å². The van der Waals surface area contributed by atoms with Crippen LogP contribution in [0.1, 0.15) is 5.56 Å². The van der Waals surface area contributed by atoms with Gasteiger partial charge in [0.15, 0.2) is 17.5 Å². The lowest BCUT2D eigenvalue weighted by Gasteiger charge is -2.07. The molecule has 0 saturated carbocycles.